The summed E-state index contributed by atoms with van der Waals surface area (Å²) in [6, 6.07) is 12.5. The number of unbranched alkanes of at least 4 members (excludes halogenated alkanes) is 1. The zero-order valence-electron chi connectivity index (χ0n) is 19.6. The van der Waals surface area contributed by atoms with Gasteiger partial charge in [0.05, 0.1) is 6.54 Å². The van der Waals surface area contributed by atoms with Crippen molar-refractivity contribution in [3.8, 4) is 0 Å². The van der Waals surface area contributed by atoms with Gasteiger partial charge in [-0.15, -0.1) is 0 Å². The molecule has 3 rings (SSSR count). The Labute approximate surface area is 200 Å². The van der Waals surface area contributed by atoms with Gasteiger partial charge in [-0.1, -0.05) is 48.3 Å². The largest absolute Gasteiger partial charge is 0.345 e. The first-order valence-electron chi connectivity index (χ1n) is 11.9. The van der Waals surface area contributed by atoms with Gasteiger partial charge in [0.15, 0.2) is 0 Å². The molecule has 1 atom stereocenters. The van der Waals surface area contributed by atoms with Crippen LogP contribution in [0.5, 0.6) is 0 Å². The molecule has 0 aliphatic heterocycles. The molecule has 1 aliphatic rings. The minimum atomic E-state index is 0.0455. The lowest BCUT2D eigenvalue weighted by Gasteiger charge is -2.31. The second kappa shape index (κ2) is 11.7. The van der Waals surface area contributed by atoms with Crippen LogP contribution in [0, 0.1) is 5.92 Å². The lowest BCUT2D eigenvalue weighted by molar-refractivity contribution is -0.143. The Hall–Kier alpha value is -2.08. The van der Waals surface area contributed by atoms with Crippen molar-refractivity contribution in [2.45, 2.75) is 72.0 Å². The Balaban J connectivity index is 1.72. The number of hydrogen-bond donors (Lipinski definition) is 0. The van der Waals surface area contributed by atoms with Gasteiger partial charge < -0.3 is 14.4 Å². The fraction of sp³-hybridized carbons (Fsp3) is 0.538. The van der Waals surface area contributed by atoms with E-state index in [1.807, 2.05) is 22.8 Å². The van der Waals surface area contributed by atoms with E-state index < -0.39 is 0 Å². The molecule has 6 heteroatoms. The van der Waals surface area contributed by atoms with E-state index in [1.165, 1.54) is 5.56 Å². The summed E-state index contributed by atoms with van der Waals surface area (Å²) < 4.78 is 3.27. The van der Waals surface area contributed by atoms with E-state index >= 15 is 0 Å². The van der Waals surface area contributed by atoms with E-state index in [4.69, 9.17) is 0 Å². The zero-order chi connectivity index (χ0) is 23.1. The molecule has 2 aromatic rings. The normalized spacial score (nSPS) is 14.2. The number of benzene rings is 1. The van der Waals surface area contributed by atoms with Gasteiger partial charge in [0, 0.05) is 41.4 Å². The molecular weight excluding hydrogens is 466 g/mol. The monoisotopic (exact) mass is 501 g/mol. The van der Waals surface area contributed by atoms with Crippen molar-refractivity contribution in [2.24, 2.45) is 5.92 Å². The zero-order valence-corrected chi connectivity index (χ0v) is 21.2. The maximum atomic E-state index is 13.4. The molecule has 5 nitrogen and oxygen atoms in total. The van der Waals surface area contributed by atoms with Crippen molar-refractivity contribution < 1.29 is 9.59 Å². The third kappa shape index (κ3) is 6.71. The van der Waals surface area contributed by atoms with Crippen LogP contribution in [0.1, 0.15) is 64.1 Å². The number of nitrogens with zero attached hydrogens (tertiary/aromatic N) is 3. The lowest BCUT2D eigenvalue weighted by atomic mass is 10.2. The van der Waals surface area contributed by atoms with Crippen LogP contribution in [0.15, 0.2) is 47.1 Å². The van der Waals surface area contributed by atoms with Crippen LogP contribution in [0.2, 0.25) is 0 Å². The first-order valence-corrected chi connectivity index (χ1v) is 12.7. The molecule has 0 spiro atoms. The minimum absolute atomic E-state index is 0.0455. The number of carbonyl (C=O) groups is 2. The average Bonchev–Trinajstić information content (AvgIpc) is 3.56. The molecule has 1 aromatic heterocycles. The number of aromatic nitrogens is 1. The van der Waals surface area contributed by atoms with E-state index in [1.54, 1.807) is 0 Å². The molecule has 1 aliphatic carbocycles. The molecular formula is C26H36BrN3O2. The molecule has 1 heterocycles. The molecule has 0 saturated heterocycles. The van der Waals surface area contributed by atoms with E-state index in [-0.39, 0.29) is 30.3 Å². The van der Waals surface area contributed by atoms with Crippen molar-refractivity contribution in [2.75, 3.05) is 13.1 Å². The average molecular weight is 502 g/mol. The summed E-state index contributed by atoms with van der Waals surface area (Å²) in [5.74, 6) is 0.329. The highest BCUT2D eigenvalue weighted by Gasteiger charge is 2.36. The van der Waals surface area contributed by atoms with Gasteiger partial charge in [-0.25, -0.2) is 0 Å². The molecule has 2 amide bonds. The standard InChI is InChI=1S/C26H36BrN3O2/c1-4-6-15-29(25(31)19-30(20(3)5-2)26(32)22-11-12-22)18-24-8-7-16-28(24)17-21-9-13-23(27)14-10-21/h7-10,13-14,16,20,22H,4-6,11-12,15,17-19H2,1-3H3. The van der Waals surface area contributed by atoms with Crippen LogP contribution in [-0.4, -0.2) is 45.3 Å². The Kier molecular flexibility index (Phi) is 8.97. The SMILES string of the molecule is CCCCN(Cc1cccn1Cc1ccc(Br)cc1)C(=O)CN(C(=O)C1CC1)C(C)CC. The molecule has 1 unspecified atom stereocenters. The van der Waals surface area contributed by atoms with Gasteiger partial charge in [-0.3, -0.25) is 9.59 Å². The number of rotatable bonds is 12. The Morgan fingerprint density at radius 3 is 2.50 bits per heavy atom. The maximum Gasteiger partial charge on any atom is 0.242 e. The van der Waals surface area contributed by atoms with E-state index in [0.717, 1.165) is 48.8 Å². The van der Waals surface area contributed by atoms with Gasteiger partial charge >= 0.3 is 0 Å². The number of hydrogen-bond acceptors (Lipinski definition) is 2. The highest BCUT2D eigenvalue weighted by atomic mass is 79.9. The molecule has 1 saturated carbocycles. The van der Waals surface area contributed by atoms with Crippen molar-refractivity contribution in [3.05, 3.63) is 58.3 Å². The van der Waals surface area contributed by atoms with Gasteiger partial charge in [0.25, 0.3) is 0 Å². The minimum Gasteiger partial charge on any atom is -0.345 e. The number of halogens is 1. The fourth-order valence-electron chi connectivity index (χ4n) is 3.85. The second-order valence-electron chi connectivity index (χ2n) is 8.92. The van der Waals surface area contributed by atoms with Crippen molar-refractivity contribution >= 4 is 27.7 Å². The summed E-state index contributed by atoms with van der Waals surface area (Å²) in [5, 5.41) is 0. The summed E-state index contributed by atoms with van der Waals surface area (Å²) in [6.45, 7) is 8.49. The van der Waals surface area contributed by atoms with E-state index in [2.05, 4.69) is 70.9 Å². The van der Waals surface area contributed by atoms with Gasteiger partial charge in [-0.05, 0) is 62.4 Å². The summed E-state index contributed by atoms with van der Waals surface area (Å²) >= 11 is 3.49. The first-order chi connectivity index (χ1) is 15.4. The van der Waals surface area contributed by atoms with Crippen LogP contribution < -0.4 is 0 Å². The third-order valence-electron chi connectivity index (χ3n) is 6.32. The van der Waals surface area contributed by atoms with Crippen molar-refractivity contribution in [1.82, 2.24) is 14.4 Å². The highest BCUT2D eigenvalue weighted by Crippen LogP contribution is 2.32. The van der Waals surface area contributed by atoms with Crippen LogP contribution in [0.4, 0.5) is 0 Å². The number of carbonyl (C=O) groups excluding carboxylic acids is 2. The smallest absolute Gasteiger partial charge is 0.242 e. The molecule has 174 valence electrons. The Morgan fingerprint density at radius 2 is 1.88 bits per heavy atom. The molecule has 0 radical (unpaired) electrons. The fourth-order valence-corrected chi connectivity index (χ4v) is 4.12. The summed E-state index contributed by atoms with van der Waals surface area (Å²) in [5.41, 5.74) is 2.33. The summed E-state index contributed by atoms with van der Waals surface area (Å²) in [6.07, 6.45) is 6.84. The van der Waals surface area contributed by atoms with Crippen LogP contribution in [0.25, 0.3) is 0 Å². The Bertz CT molecular complexity index is 889. The van der Waals surface area contributed by atoms with Gasteiger partial charge in [-0.2, -0.15) is 0 Å². The van der Waals surface area contributed by atoms with Gasteiger partial charge in [0.1, 0.15) is 6.54 Å². The molecule has 0 bridgehead atoms. The van der Waals surface area contributed by atoms with Crippen LogP contribution in [0.3, 0.4) is 0 Å². The van der Waals surface area contributed by atoms with E-state index in [0.29, 0.717) is 13.1 Å². The number of amides is 2. The summed E-state index contributed by atoms with van der Waals surface area (Å²) in [7, 11) is 0. The molecule has 1 fully saturated rings. The van der Waals surface area contributed by atoms with Crippen molar-refractivity contribution in [3.63, 3.8) is 0 Å². The maximum absolute atomic E-state index is 13.4. The Morgan fingerprint density at radius 1 is 1.16 bits per heavy atom. The topological polar surface area (TPSA) is 45.6 Å². The molecule has 1 aromatic carbocycles. The van der Waals surface area contributed by atoms with Gasteiger partial charge in [0.2, 0.25) is 11.8 Å². The lowest BCUT2D eigenvalue weighted by Crippen LogP contribution is -2.47. The molecule has 0 N–H and O–H groups in total. The van der Waals surface area contributed by atoms with Crippen molar-refractivity contribution in [1.29, 1.82) is 0 Å². The van der Waals surface area contributed by atoms with E-state index in [9.17, 15) is 9.59 Å². The predicted octanol–water partition coefficient (Wildman–Crippen LogP) is 5.46. The van der Waals surface area contributed by atoms with Crippen LogP contribution >= 0.6 is 15.9 Å². The molecule has 32 heavy (non-hydrogen) atoms. The second-order valence-corrected chi connectivity index (χ2v) is 9.84. The van der Waals surface area contributed by atoms with Crippen LogP contribution in [-0.2, 0) is 22.7 Å². The first kappa shape index (κ1) is 24.6. The predicted molar refractivity (Wildman–Crippen MR) is 132 cm³/mol. The highest BCUT2D eigenvalue weighted by molar-refractivity contribution is 9.10. The third-order valence-corrected chi connectivity index (χ3v) is 6.84. The summed E-state index contributed by atoms with van der Waals surface area (Å²) in [4.78, 5) is 30.0. The quantitative estimate of drug-likeness (QED) is 0.387.